The fraction of sp³-hybridized carbons (Fsp3) is 0.111. The molecule has 0 saturated carbocycles. The third-order valence-electron chi connectivity index (χ3n) is 3.90. The van der Waals surface area contributed by atoms with E-state index >= 15 is 0 Å². The first-order valence-electron chi connectivity index (χ1n) is 8.09. The van der Waals surface area contributed by atoms with E-state index in [4.69, 9.17) is 16.7 Å². The van der Waals surface area contributed by atoms with Crippen molar-refractivity contribution in [2.45, 2.75) is 6.54 Å². The molecule has 0 radical (unpaired) electrons. The van der Waals surface area contributed by atoms with Crippen molar-refractivity contribution >= 4 is 40.5 Å². The molecule has 0 unspecified atom stereocenters. The molecule has 0 aliphatic heterocycles. The summed E-state index contributed by atoms with van der Waals surface area (Å²) in [7, 11) is 0. The van der Waals surface area contributed by atoms with Crippen molar-refractivity contribution in [3.05, 3.63) is 64.7 Å². The molecular weight excluding hydrogens is 388 g/mol. The third-order valence-corrected chi connectivity index (χ3v) is 4.16. The maximum atomic E-state index is 12.3. The molecular formula is C18H15ClN4O5. The van der Waals surface area contributed by atoms with E-state index in [-0.39, 0.29) is 12.2 Å². The smallest absolute Gasteiger partial charge is 0.395 e. The number of hydrogen-bond donors (Lipinski definition) is 3. The first-order valence-corrected chi connectivity index (χ1v) is 8.47. The summed E-state index contributed by atoms with van der Waals surface area (Å²) >= 11 is 5.91. The molecule has 10 heteroatoms. The highest BCUT2D eigenvalue weighted by atomic mass is 35.5. The van der Waals surface area contributed by atoms with E-state index < -0.39 is 24.4 Å². The summed E-state index contributed by atoms with van der Waals surface area (Å²) in [6, 6.07) is 13.7. The second-order valence-corrected chi connectivity index (χ2v) is 6.22. The minimum Gasteiger partial charge on any atom is -0.480 e. The summed E-state index contributed by atoms with van der Waals surface area (Å²) < 4.78 is 2.55. The molecule has 28 heavy (non-hydrogen) atoms. The van der Waals surface area contributed by atoms with Gasteiger partial charge in [0.25, 0.3) is 0 Å². The Balaban J connectivity index is 2.24. The van der Waals surface area contributed by atoms with Gasteiger partial charge in [-0.2, -0.15) is 0 Å². The average molecular weight is 403 g/mol. The highest BCUT2D eigenvalue weighted by Crippen LogP contribution is 2.16. The van der Waals surface area contributed by atoms with Crippen LogP contribution in [0, 0.1) is 0 Å². The Morgan fingerprint density at radius 2 is 1.64 bits per heavy atom. The first kappa shape index (κ1) is 19.2. The quantitative estimate of drug-likeness (QED) is 0.437. The Labute approximate surface area is 163 Å². The van der Waals surface area contributed by atoms with Gasteiger partial charge in [-0.1, -0.05) is 35.9 Å². The van der Waals surface area contributed by atoms with Crippen molar-refractivity contribution in [2.24, 2.45) is 5.10 Å². The number of imidazole rings is 1. The van der Waals surface area contributed by atoms with Gasteiger partial charge in [0.15, 0.2) is 0 Å². The predicted molar refractivity (Wildman–Crippen MR) is 99.9 cm³/mol. The molecule has 3 rings (SSSR count). The molecule has 0 saturated heterocycles. The second kappa shape index (κ2) is 7.97. The number of rotatable bonds is 5. The predicted octanol–water partition coefficient (Wildman–Crippen LogP) is 1.36. The number of aromatic nitrogens is 2. The number of nitrogens with zero attached hydrogens (tertiary/aromatic N) is 3. The summed E-state index contributed by atoms with van der Waals surface area (Å²) in [5.74, 6) is -4.02. The van der Waals surface area contributed by atoms with Gasteiger partial charge in [-0.05, 0) is 29.8 Å². The lowest BCUT2D eigenvalue weighted by molar-refractivity contribution is -0.136. The Bertz CT molecular complexity index is 1130. The lowest BCUT2D eigenvalue weighted by atomic mass is 10.2. The van der Waals surface area contributed by atoms with Crippen LogP contribution in [0.2, 0.25) is 5.02 Å². The average Bonchev–Trinajstić information content (AvgIpc) is 2.96. The van der Waals surface area contributed by atoms with Crippen molar-refractivity contribution in [3.63, 3.8) is 0 Å². The molecule has 0 atom stereocenters. The molecule has 3 aromatic rings. The van der Waals surface area contributed by atoms with Gasteiger partial charge in [0.1, 0.15) is 6.54 Å². The van der Waals surface area contributed by atoms with E-state index in [1.807, 2.05) is 0 Å². The molecule has 1 aromatic heterocycles. The minimum atomic E-state index is -1.66. The zero-order valence-corrected chi connectivity index (χ0v) is 15.1. The lowest BCUT2D eigenvalue weighted by Crippen LogP contribution is -2.36. The Hall–Kier alpha value is -3.59. The minimum absolute atomic E-state index is 0.0372. The molecule has 0 amide bonds. The summed E-state index contributed by atoms with van der Waals surface area (Å²) in [5.41, 5.74) is 4.03. The number of para-hydroxylation sites is 2. The van der Waals surface area contributed by atoms with Crippen LogP contribution in [0.25, 0.3) is 11.0 Å². The van der Waals surface area contributed by atoms with Crippen LogP contribution in [0.4, 0.5) is 0 Å². The van der Waals surface area contributed by atoms with E-state index in [1.165, 1.54) is 0 Å². The lowest BCUT2D eigenvalue weighted by Gasteiger charge is -2.06. The van der Waals surface area contributed by atoms with Crippen LogP contribution in [-0.2, 0) is 16.1 Å². The van der Waals surface area contributed by atoms with E-state index in [0.717, 1.165) is 10.1 Å². The number of nitrogens with one attached hydrogen (secondary N) is 1. The van der Waals surface area contributed by atoms with Crippen molar-refractivity contribution in [2.75, 3.05) is 6.54 Å². The van der Waals surface area contributed by atoms with Gasteiger partial charge < -0.3 is 14.8 Å². The number of aliphatic carboxylic acids is 2. The maximum Gasteiger partial charge on any atom is 0.395 e. The highest BCUT2D eigenvalue weighted by molar-refractivity contribution is 6.33. The fourth-order valence-electron chi connectivity index (χ4n) is 2.73. The molecule has 2 aromatic carbocycles. The van der Waals surface area contributed by atoms with Gasteiger partial charge >= 0.3 is 17.8 Å². The molecule has 144 valence electrons. The molecule has 0 aliphatic carbocycles. The molecule has 1 heterocycles. The maximum absolute atomic E-state index is 12.3. The van der Waals surface area contributed by atoms with Gasteiger partial charge in [-0.15, -0.1) is 5.10 Å². The number of carboxylic acid groups (broad SMARTS) is 2. The SMILES string of the molecule is O=C(O)CN/N=c1\n(Cc2ccc(Cl)cc2)c2ccccc2n1C(=O)C(=O)O. The molecule has 0 aliphatic rings. The number of fused-ring (bicyclic) bond motifs is 1. The van der Waals surface area contributed by atoms with Crippen LogP contribution in [0.15, 0.2) is 53.6 Å². The van der Waals surface area contributed by atoms with Gasteiger partial charge in [0.2, 0.25) is 5.62 Å². The largest absolute Gasteiger partial charge is 0.480 e. The fourth-order valence-corrected chi connectivity index (χ4v) is 2.86. The summed E-state index contributed by atoms with van der Waals surface area (Å²) in [4.78, 5) is 34.4. The summed E-state index contributed by atoms with van der Waals surface area (Å²) in [5, 5.41) is 22.6. The van der Waals surface area contributed by atoms with Crippen LogP contribution >= 0.6 is 11.6 Å². The third kappa shape index (κ3) is 3.89. The Morgan fingerprint density at radius 3 is 2.25 bits per heavy atom. The summed E-state index contributed by atoms with van der Waals surface area (Å²) in [6.45, 7) is -0.241. The van der Waals surface area contributed by atoms with Crippen LogP contribution in [-0.4, -0.2) is 43.7 Å². The zero-order valence-electron chi connectivity index (χ0n) is 14.4. The van der Waals surface area contributed by atoms with Crippen molar-refractivity contribution in [1.82, 2.24) is 14.6 Å². The van der Waals surface area contributed by atoms with Crippen molar-refractivity contribution in [3.8, 4) is 0 Å². The van der Waals surface area contributed by atoms with Crippen LogP contribution in [0.5, 0.6) is 0 Å². The van der Waals surface area contributed by atoms with Gasteiger partial charge in [0.05, 0.1) is 17.6 Å². The highest BCUT2D eigenvalue weighted by Gasteiger charge is 2.22. The number of carbonyl (C=O) groups excluding carboxylic acids is 1. The number of carboxylic acids is 2. The second-order valence-electron chi connectivity index (χ2n) is 5.79. The van der Waals surface area contributed by atoms with Gasteiger partial charge in [-0.25, -0.2) is 9.36 Å². The van der Waals surface area contributed by atoms with Crippen LogP contribution in [0.3, 0.4) is 0 Å². The monoisotopic (exact) mass is 402 g/mol. The van der Waals surface area contributed by atoms with Crippen LogP contribution < -0.4 is 11.0 Å². The first-order chi connectivity index (χ1) is 13.4. The van der Waals surface area contributed by atoms with Gasteiger partial charge in [0, 0.05) is 5.02 Å². The van der Waals surface area contributed by atoms with E-state index in [1.54, 1.807) is 53.1 Å². The van der Waals surface area contributed by atoms with E-state index in [0.29, 0.717) is 16.1 Å². The van der Waals surface area contributed by atoms with Gasteiger partial charge in [-0.3, -0.25) is 15.0 Å². The topological polar surface area (TPSA) is 126 Å². The molecule has 3 N–H and O–H groups in total. The Kier molecular flexibility index (Phi) is 5.46. The molecule has 9 nitrogen and oxygen atoms in total. The zero-order chi connectivity index (χ0) is 20.3. The number of halogens is 1. The standard InChI is InChI=1S/C18H15ClN4O5/c19-12-7-5-11(6-8-12)10-22-13-3-1-2-4-14(13)23(16(26)17(27)28)18(22)21-20-9-15(24)25/h1-8,20H,9-10H2,(H,24,25)(H,27,28)/b21-18+. The van der Waals surface area contributed by atoms with Crippen molar-refractivity contribution < 1.29 is 24.6 Å². The number of hydrogen-bond acceptors (Lipinski definition) is 5. The normalized spacial score (nSPS) is 11.5. The van der Waals surface area contributed by atoms with Crippen LogP contribution in [0.1, 0.15) is 10.4 Å². The molecule has 0 bridgehead atoms. The summed E-state index contributed by atoms with van der Waals surface area (Å²) in [6.07, 6.45) is 0. The van der Waals surface area contributed by atoms with E-state index in [2.05, 4.69) is 10.5 Å². The number of benzene rings is 2. The van der Waals surface area contributed by atoms with Crippen molar-refractivity contribution in [1.29, 1.82) is 0 Å². The Morgan fingerprint density at radius 1 is 1.00 bits per heavy atom. The number of carbonyl (C=O) groups is 3. The molecule has 0 fully saturated rings. The molecule has 0 spiro atoms. The van der Waals surface area contributed by atoms with E-state index in [9.17, 15) is 19.5 Å².